The number of aliphatic hydroxyl groups is 14. The second kappa shape index (κ2) is 24.1. The Balaban J connectivity index is 0.794. The average Bonchev–Trinajstić information content (AvgIpc) is 1.54. The molecule has 11 rings (SSSR count). The summed E-state index contributed by atoms with van der Waals surface area (Å²) in [6, 6.07) is 0. The maximum atomic E-state index is 14.7. The van der Waals surface area contributed by atoms with Crippen molar-refractivity contribution in [3.8, 4) is 0 Å². The number of aliphatic hydroxyl groups excluding tert-OH is 14. The lowest BCUT2D eigenvalue weighted by Gasteiger charge is -2.57. The van der Waals surface area contributed by atoms with Gasteiger partial charge in [0.05, 0.1) is 51.8 Å². The number of allylic oxidation sites excluding steroid dienone is 2. The van der Waals surface area contributed by atoms with Crippen LogP contribution in [0.25, 0.3) is 0 Å². The lowest BCUT2D eigenvalue weighted by Crippen LogP contribution is -2.69. The third kappa shape index (κ3) is 10.6. The summed E-state index contributed by atoms with van der Waals surface area (Å²) in [7, 11) is 0. The SMILES string of the molecule is CC1CC[C@@]2(OC1)O[C@H]1C[C@H]3[C@@H]4CC[C@H]5C[C@@H](O[C@@H]6O[C@H](CO)[C@H](O[C@@H]7O[C@H](CO)[C@@H](O)[C@H](O[C@@H]8OC[C@@H](O)[C@H](O)[C@H]8O)[C@H]7O[C@@H]7O[C@H](CO)[C@@H](O)[C@H](O[C@@H]8OC[C@@H](O)[C@H](O)[C@H]8O)[C@H]7O)[C@H](O)[C@H]6O)CC[C@]5(C)C4=CC(=O)[C@]3(C)[C@H]1[C@@H]2C. The molecule has 0 amide bonds. The second-order valence-electron chi connectivity index (χ2n) is 25.7. The monoisotopic (exact) mass is 1180 g/mol. The average molecular weight is 1180 g/mol. The van der Waals surface area contributed by atoms with Crippen LogP contribution in [0.4, 0.5) is 0 Å². The summed E-state index contributed by atoms with van der Waals surface area (Å²) in [5.74, 6) is 0.501. The van der Waals surface area contributed by atoms with E-state index in [1.54, 1.807) is 0 Å². The predicted molar refractivity (Wildman–Crippen MR) is 269 cm³/mol. The molecular formula is C55H86O27. The molecule has 14 N–H and O–H groups in total. The molecular weight excluding hydrogens is 1090 g/mol. The van der Waals surface area contributed by atoms with E-state index in [0.29, 0.717) is 31.8 Å². The van der Waals surface area contributed by atoms with Gasteiger partial charge < -0.3 is 128 Å². The standard InChI is InChI=1S/C55H86O27/c1-20-7-10-55(73-17-20)21(2)34-29(82-55)12-26-24-6-5-22-11-23(8-9-53(22,3)25(24)13-33(61)54(26,34)4)74-50-42(69)39(66)44(32(16-58)77-50)78-52-47(46(38(65)31(15-57)76-52)80-49-41(68)36(63)28(60)19-72-49)81-51-43(70)45(37(64)30(14-56)75-51)79-48-40(67)35(62)27(59)18-71-48/h13,20-24,26-32,34-52,56-60,62-70H,5-12,14-19H2,1-4H3/t20?,21-,22-,23-,24+,26-,27+,28+,29-,30+,31+,32+,34-,35-,36-,37+,38+,39+,40+,41+,42+,43+,44-,45-,46-,47+,48-,49-,50+,51-,52-,53-,54+,55+/m0/s1. The molecule has 1 unspecified atom stereocenters. The number of ketones is 1. The van der Waals surface area contributed by atoms with Crippen LogP contribution < -0.4 is 0 Å². The van der Waals surface area contributed by atoms with Crippen molar-refractivity contribution in [1.29, 1.82) is 0 Å². The van der Waals surface area contributed by atoms with Crippen molar-refractivity contribution in [3.05, 3.63) is 11.6 Å². The number of fused-ring (bicyclic) bond motifs is 7. The molecule has 7 aliphatic heterocycles. The first-order chi connectivity index (χ1) is 39.0. The summed E-state index contributed by atoms with van der Waals surface area (Å²) in [6.07, 6.45) is -34.3. The van der Waals surface area contributed by atoms with Crippen molar-refractivity contribution in [2.45, 2.75) is 238 Å². The van der Waals surface area contributed by atoms with Crippen LogP contribution in [-0.2, 0) is 61.6 Å². The highest BCUT2D eigenvalue weighted by molar-refractivity contribution is 5.97. The number of hydrogen-bond acceptors (Lipinski definition) is 27. The van der Waals surface area contributed by atoms with Gasteiger partial charge >= 0.3 is 0 Å². The van der Waals surface area contributed by atoms with E-state index in [4.69, 9.17) is 56.8 Å². The van der Waals surface area contributed by atoms with Gasteiger partial charge in [0.2, 0.25) is 0 Å². The van der Waals surface area contributed by atoms with E-state index < -0.39 is 192 Å². The van der Waals surface area contributed by atoms with E-state index >= 15 is 0 Å². The number of ether oxygens (including phenoxy) is 12. The van der Waals surface area contributed by atoms with Crippen molar-refractivity contribution >= 4 is 5.78 Å². The minimum Gasteiger partial charge on any atom is -0.394 e. The van der Waals surface area contributed by atoms with Gasteiger partial charge in [-0.2, -0.15) is 0 Å². The Kier molecular flexibility index (Phi) is 18.2. The molecule has 0 aromatic heterocycles. The van der Waals surface area contributed by atoms with Gasteiger partial charge in [-0.25, -0.2) is 0 Å². The van der Waals surface area contributed by atoms with Crippen LogP contribution in [0, 0.1) is 46.3 Å². The van der Waals surface area contributed by atoms with E-state index in [2.05, 4.69) is 27.7 Å². The Morgan fingerprint density at radius 2 is 1.11 bits per heavy atom. The molecule has 10 fully saturated rings. The van der Waals surface area contributed by atoms with E-state index in [-0.39, 0.29) is 46.9 Å². The molecule has 1 spiro atoms. The van der Waals surface area contributed by atoms with Crippen LogP contribution in [0.2, 0.25) is 0 Å². The summed E-state index contributed by atoms with van der Waals surface area (Å²) in [4.78, 5) is 14.7. The molecule has 4 aliphatic carbocycles. The predicted octanol–water partition coefficient (Wildman–Crippen LogP) is -4.71. The van der Waals surface area contributed by atoms with Crippen molar-refractivity contribution in [2.24, 2.45) is 46.3 Å². The molecule has 27 nitrogen and oxygen atoms in total. The van der Waals surface area contributed by atoms with Gasteiger partial charge in [0.1, 0.15) is 110 Å². The maximum absolute atomic E-state index is 14.7. The quantitative estimate of drug-likeness (QED) is 0.0771. The summed E-state index contributed by atoms with van der Waals surface area (Å²) < 4.78 is 72.9. The fourth-order valence-corrected chi connectivity index (χ4v) is 16.1. The van der Waals surface area contributed by atoms with Crippen LogP contribution in [0.15, 0.2) is 11.6 Å². The molecule has 0 radical (unpaired) electrons. The van der Waals surface area contributed by atoms with E-state index in [9.17, 15) is 76.3 Å². The summed E-state index contributed by atoms with van der Waals surface area (Å²) >= 11 is 0. The zero-order chi connectivity index (χ0) is 58.6. The Labute approximate surface area is 473 Å². The van der Waals surface area contributed by atoms with Crippen molar-refractivity contribution in [2.75, 3.05) is 39.6 Å². The molecule has 0 aromatic carbocycles. The molecule has 82 heavy (non-hydrogen) atoms. The van der Waals surface area contributed by atoms with Gasteiger partial charge in [-0.1, -0.05) is 33.3 Å². The molecule has 0 aromatic rings. The van der Waals surface area contributed by atoms with E-state index in [1.807, 2.05) is 6.08 Å². The van der Waals surface area contributed by atoms with Crippen LogP contribution in [0.5, 0.6) is 0 Å². The fourth-order valence-electron chi connectivity index (χ4n) is 16.1. The summed E-state index contributed by atoms with van der Waals surface area (Å²) in [6.45, 7) is 5.58. The van der Waals surface area contributed by atoms with Crippen LogP contribution >= 0.6 is 0 Å². The molecule has 468 valence electrons. The highest BCUT2D eigenvalue weighted by Gasteiger charge is 2.71. The molecule has 3 saturated carbocycles. The van der Waals surface area contributed by atoms with Gasteiger partial charge in [-0.05, 0) is 80.1 Å². The fraction of sp³-hybridized carbons (Fsp3) is 0.945. The highest BCUT2D eigenvalue weighted by Crippen LogP contribution is 2.69. The van der Waals surface area contributed by atoms with E-state index in [0.717, 1.165) is 32.1 Å². The molecule has 7 heterocycles. The van der Waals surface area contributed by atoms with Gasteiger partial charge in [-0.3, -0.25) is 4.79 Å². The number of carbonyl (C=O) groups excluding carboxylic acids is 1. The van der Waals surface area contributed by atoms with E-state index in [1.165, 1.54) is 5.57 Å². The third-order valence-corrected chi connectivity index (χ3v) is 21.0. The summed E-state index contributed by atoms with van der Waals surface area (Å²) in [5, 5.41) is 153. The minimum atomic E-state index is -2.13. The molecule has 27 heteroatoms. The second-order valence-corrected chi connectivity index (χ2v) is 25.7. The third-order valence-electron chi connectivity index (χ3n) is 21.0. The Bertz CT molecular complexity index is 2240. The van der Waals surface area contributed by atoms with Gasteiger partial charge in [0.15, 0.2) is 43.0 Å². The van der Waals surface area contributed by atoms with Crippen LogP contribution in [0.3, 0.4) is 0 Å². The normalized spacial score (nSPS) is 56.0. The van der Waals surface area contributed by atoms with Crippen molar-refractivity contribution in [3.63, 3.8) is 0 Å². The molecule has 34 atom stereocenters. The first-order valence-electron chi connectivity index (χ1n) is 29.3. The highest BCUT2D eigenvalue weighted by atomic mass is 16.8. The molecule has 7 saturated heterocycles. The zero-order valence-corrected chi connectivity index (χ0v) is 46.4. The number of rotatable bonds is 13. The van der Waals surface area contributed by atoms with Crippen LogP contribution in [-0.4, -0.2) is 276 Å². The first-order valence-corrected chi connectivity index (χ1v) is 29.3. The first kappa shape index (κ1) is 62.0. The van der Waals surface area contributed by atoms with Crippen molar-refractivity contribution < 1.29 is 133 Å². The molecule has 0 bridgehead atoms. The van der Waals surface area contributed by atoms with Crippen LogP contribution in [0.1, 0.15) is 79.1 Å². The lowest BCUT2D eigenvalue weighted by molar-refractivity contribution is -0.408. The Morgan fingerprint density at radius 3 is 1.73 bits per heavy atom. The number of hydrogen-bond donors (Lipinski definition) is 14. The van der Waals surface area contributed by atoms with Gasteiger partial charge in [-0.15, -0.1) is 0 Å². The molecule has 11 aliphatic rings. The van der Waals surface area contributed by atoms with Gasteiger partial charge in [0, 0.05) is 23.7 Å². The zero-order valence-electron chi connectivity index (χ0n) is 46.4. The number of carbonyl (C=O) groups is 1. The smallest absolute Gasteiger partial charge is 0.187 e. The van der Waals surface area contributed by atoms with Crippen molar-refractivity contribution in [1.82, 2.24) is 0 Å². The maximum Gasteiger partial charge on any atom is 0.187 e. The Morgan fingerprint density at radius 1 is 0.549 bits per heavy atom. The Hall–Kier alpha value is -1.63. The topological polar surface area (TPSA) is 411 Å². The van der Waals surface area contributed by atoms with Gasteiger partial charge in [0.25, 0.3) is 0 Å². The minimum absolute atomic E-state index is 0.0474. The largest absolute Gasteiger partial charge is 0.394 e. The summed E-state index contributed by atoms with van der Waals surface area (Å²) in [5.41, 5.74) is 0.282. The lowest BCUT2D eigenvalue weighted by atomic mass is 9.48.